The zero-order chi connectivity index (χ0) is 12.4. The highest BCUT2D eigenvalue weighted by Crippen LogP contribution is 2.03. The van der Waals surface area contributed by atoms with Crippen molar-refractivity contribution in [1.29, 1.82) is 0 Å². The summed E-state index contributed by atoms with van der Waals surface area (Å²) in [4.78, 5) is 0. The zero-order valence-corrected chi connectivity index (χ0v) is 10.5. The molecule has 0 nitrogen and oxygen atoms in total. The van der Waals surface area contributed by atoms with E-state index >= 15 is 0 Å². The average Bonchev–Trinajstić information content (AvgIpc) is 2.25. The summed E-state index contributed by atoms with van der Waals surface area (Å²) in [5.74, 6) is -2.73. The topological polar surface area (TPSA) is 0 Å². The molecule has 0 N–H and O–H groups in total. The Morgan fingerprint density at radius 3 is 1.41 bits per heavy atom. The van der Waals surface area contributed by atoms with E-state index in [2.05, 4.69) is 0 Å². The lowest BCUT2D eigenvalue weighted by molar-refractivity contribution is -0.603. The van der Waals surface area contributed by atoms with E-state index in [0.717, 1.165) is 24.3 Å². The molecule has 88 valence electrons. The smallest absolute Gasteiger partial charge is 0.207 e. The third-order valence-electron chi connectivity index (χ3n) is 1.97. The van der Waals surface area contributed by atoms with E-state index in [1.807, 2.05) is 0 Å². The van der Waals surface area contributed by atoms with Gasteiger partial charge in [-0.1, -0.05) is 0 Å². The molecule has 0 radical (unpaired) electrons. The molecule has 0 aromatic heterocycles. The Labute approximate surface area is 106 Å². The molecule has 0 amide bonds. The number of benzene rings is 2. The van der Waals surface area contributed by atoms with Gasteiger partial charge in [-0.15, -0.1) is 0 Å². The molecule has 0 saturated heterocycles. The molecule has 0 fully saturated rings. The van der Waals surface area contributed by atoms with E-state index in [4.69, 9.17) is 0 Å². The SMILES string of the molecule is Fc1ccc([I+]c2ccc(F)cc2F)c(F)c1. The van der Waals surface area contributed by atoms with Gasteiger partial charge in [0.15, 0.2) is 11.6 Å². The second kappa shape index (κ2) is 5.03. The van der Waals surface area contributed by atoms with Gasteiger partial charge in [-0.25, -0.2) is 17.6 Å². The van der Waals surface area contributed by atoms with E-state index in [0.29, 0.717) is 0 Å². The highest BCUT2D eigenvalue weighted by atomic mass is 127. The highest BCUT2D eigenvalue weighted by molar-refractivity contribution is 5.08. The third-order valence-corrected chi connectivity index (χ3v) is 4.88. The molecule has 17 heavy (non-hydrogen) atoms. The molecule has 5 heteroatoms. The van der Waals surface area contributed by atoms with Gasteiger partial charge in [-0.05, 0) is 24.3 Å². The Morgan fingerprint density at radius 1 is 0.647 bits per heavy atom. The molecule has 2 rings (SSSR count). The van der Waals surface area contributed by atoms with Gasteiger partial charge in [0.05, 0.1) is 0 Å². The van der Waals surface area contributed by atoms with Gasteiger partial charge in [-0.3, -0.25) is 0 Å². The van der Waals surface area contributed by atoms with Crippen molar-refractivity contribution in [2.24, 2.45) is 0 Å². The summed E-state index contributed by atoms with van der Waals surface area (Å²) >= 11 is -1.12. The van der Waals surface area contributed by atoms with E-state index in [-0.39, 0.29) is 7.14 Å². The van der Waals surface area contributed by atoms with Crippen LogP contribution in [0.4, 0.5) is 17.6 Å². The number of hydrogen-bond acceptors (Lipinski definition) is 0. The summed E-state index contributed by atoms with van der Waals surface area (Å²) in [5, 5.41) is 0. The maximum Gasteiger partial charge on any atom is 0.364 e. The molecule has 0 bridgehead atoms. The first kappa shape index (κ1) is 12.3. The first-order valence-corrected chi connectivity index (χ1v) is 6.77. The van der Waals surface area contributed by atoms with Crippen LogP contribution in [0, 0.1) is 30.4 Å². The highest BCUT2D eigenvalue weighted by Gasteiger charge is 2.24. The van der Waals surface area contributed by atoms with Gasteiger partial charge in [0.1, 0.15) is 11.6 Å². The van der Waals surface area contributed by atoms with Crippen LogP contribution in [0.5, 0.6) is 0 Å². The normalized spacial score (nSPS) is 10.6. The Bertz CT molecular complexity index is 505. The van der Waals surface area contributed by atoms with Crippen LogP contribution in [-0.2, 0) is 0 Å². The van der Waals surface area contributed by atoms with E-state index < -0.39 is 44.5 Å². The van der Waals surface area contributed by atoms with Crippen molar-refractivity contribution in [1.82, 2.24) is 0 Å². The van der Waals surface area contributed by atoms with E-state index in [1.54, 1.807) is 0 Å². The third kappa shape index (κ3) is 2.96. The number of hydrogen-bond donors (Lipinski definition) is 0. The largest absolute Gasteiger partial charge is 0.364 e. The van der Waals surface area contributed by atoms with Gasteiger partial charge in [0.2, 0.25) is 7.14 Å². The molecule has 0 heterocycles. The second-order valence-electron chi connectivity index (χ2n) is 3.21. The molecule has 0 aliphatic carbocycles. The van der Waals surface area contributed by atoms with Crippen LogP contribution in [0.2, 0.25) is 0 Å². The van der Waals surface area contributed by atoms with Crippen LogP contribution in [0.1, 0.15) is 0 Å². The molecule has 0 aliphatic heterocycles. The van der Waals surface area contributed by atoms with Crippen molar-refractivity contribution in [2.45, 2.75) is 0 Å². The van der Waals surface area contributed by atoms with Crippen molar-refractivity contribution in [3.63, 3.8) is 0 Å². The molecule has 0 unspecified atom stereocenters. The molecule has 0 aliphatic rings. The van der Waals surface area contributed by atoms with Crippen molar-refractivity contribution >= 4 is 0 Å². The fraction of sp³-hybridized carbons (Fsp3) is 0. The fourth-order valence-electron chi connectivity index (χ4n) is 1.20. The molecular weight excluding hydrogens is 347 g/mol. The Morgan fingerprint density at radius 2 is 1.06 bits per heavy atom. The zero-order valence-electron chi connectivity index (χ0n) is 8.35. The fourth-order valence-corrected chi connectivity index (χ4v) is 3.38. The van der Waals surface area contributed by atoms with Crippen LogP contribution in [0.25, 0.3) is 0 Å². The first-order valence-electron chi connectivity index (χ1n) is 4.61. The van der Waals surface area contributed by atoms with Crippen molar-refractivity contribution in [3.05, 3.63) is 66.8 Å². The van der Waals surface area contributed by atoms with Gasteiger partial charge < -0.3 is 0 Å². The minimum absolute atomic E-state index is 0.274. The summed E-state index contributed by atoms with van der Waals surface area (Å²) < 4.78 is 52.6. The summed E-state index contributed by atoms with van der Waals surface area (Å²) in [6.45, 7) is 0. The van der Waals surface area contributed by atoms with Gasteiger partial charge in [0.25, 0.3) is 0 Å². The van der Waals surface area contributed by atoms with Crippen LogP contribution in [-0.4, -0.2) is 0 Å². The Kier molecular flexibility index (Phi) is 3.66. The average molecular weight is 353 g/mol. The van der Waals surface area contributed by atoms with Crippen LogP contribution in [0.3, 0.4) is 0 Å². The standard InChI is InChI=1S/C12H6F4I/c13-7-1-3-11(9(15)5-7)17-12-4-2-8(14)6-10(12)16/h1-6H/q+1. The summed E-state index contributed by atoms with van der Waals surface area (Å²) in [6.07, 6.45) is 0. The maximum absolute atomic E-state index is 13.3. The van der Waals surface area contributed by atoms with E-state index in [9.17, 15) is 17.6 Å². The molecular formula is C12H6F4I+. The Hall–Kier alpha value is -1.11. The summed E-state index contributed by atoms with van der Waals surface area (Å²) in [5.41, 5.74) is 0. The molecule has 2 aromatic rings. The number of rotatable bonds is 2. The molecule has 2 aromatic carbocycles. The van der Waals surface area contributed by atoms with Crippen molar-refractivity contribution in [3.8, 4) is 0 Å². The first-order chi connectivity index (χ1) is 8.06. The van der Waals surface area contributed by atoms with Gasteiger partial charge >= 0.3 is 21.2 Å². The van der Waals surface area contributed by atoms with Crippen LogP contribution >= 0.6 is 0 Å². The van der Waals surface area contributed by atoms with Crippen LogP contribution in [0.15, 0.2) is 36.4 Å². The van der Waals surface area contributed by atoms with Crippen molar-refractivity contribution in [2.75, 3.05) is 0 Å². The minimum Gasteiger partial charge on any atom is -0.207 e. The van der Waals surface area contributed by atoms with Crippen molar-refractivity contribution < 1.29 is 38.8 Å². The minimum atomic E-state index is -1.12. The molecule has 0 saturated carbocycles. The lowest BCUT2D eigenvalue weighted by atomic mass is 10.3. The summed E-state index contributed by atoms with van der Waals surface area (Å²) in [7, 11) is 0. The van der Waals surface area contributed by atoms with E-state index in [1.165, 1.54) is 12.1 Å². The molecule has 0 atom stereocenters. The lowest BCUT2D eigenvalue weighted by Gasteiger charge is -1.92. The number of halogens is 5. The van der Waals surface area contributed by atoms with Gasteiger partial charge in [0, 0.05) is 12.1 Å². The Balaban J connectivity index is 2.31. The predicted molar refractivity (Wildman–Crippen MR) is 50.1 cm³/mol. The predicted octanol–water partition coefficient (Wildman–Crippen LogP) is 0.371. The molecule has 0 spiro atoms. The maximum atomic E-state index is 13.3. The quantitative estimate of drug-likeness (QED) is 0.416. The summed E-state index contributed by atoms with van der Waals surface area (Å²) in [6, 6.07) is 6.35. The van der Waals surface area contributed by atoms with Crippen LogP contribution < -0.4 is 21.2 Å². The monoisotopic (exact) mass is 353 g/mol. The second-order valence-corrected chi connectivity index (χ2v) is 6.08. The lowest BCUT2D eigenvalue weighted by Crippen LogP contribution is -3.62. The van der Waals surface area contributed by atoms with Gasteiger partial charge in [-0.2, -0.15) is 0 Å².